The molecule has 0 bridgehead atoms. The Bertz CT molecular complexity index is 1190. The second-order valence-corrected chi connectivity index (χ2v) is 5.82. The van der Waals surface area contributed by atoms with Gasteiger partial charge < -0.3 is 4.74 Å². The molecule has 0 amide bonds. The second kappa shape index (κ2) is 7.55. The molecule has 0 saturated carbocycles. The number of nitriles is 1. The van der Waals surface area contributed by atoms with Crippen LogP contribution in [-0.2, 0) is 0 Å². The van der Waals surface area contributed by atoms with Crippen LogP contribution >= 0.6 is 0 Å². The van der Waals surface area contributed by atoms with Crippen molar-refractivity contribution in [1.29, 1.82) is 5.26 Å². The fourth-order valence-corrected chi connectivity index (χ4v) is 2.68. The molecule has 136 valence electrons. The highest BCUT2D eigenvalue weighted by Crippen LogP contribution is 2.23. The van der Waals surface area contributed by atoms with Gasteiger partial charge in [-0.1, -0.05) is 18.2 Å². The average Bonchev–Trinajstić information content (AvgIpc) is 3.19. The van der Waals surface area contributed by atoms with Crippen molar-refractivity contribution in [2.24, 2.45) is 5.10 Å². The normalized spacial score (nSPS) is 10.9. The first-order chi connectivity index (χ1) is 13.8. The van der Waals surface area contributed by atoms with Gasteiger partial charge in [0.2, 0.25) is 0 Å². The first-order valence-electron chi connectivity index (χ1n) is 8.41. The van der Waals surface area contributed by atoms with E-state index in [1.165, 1.54) is 6.33 Å². The van der Waals surface area contributed by atoms with Crippen LogP contribution in [0.15, 0.2) is 66.2 Å². The molecule has 2 aromatic heterocycles. The van der Waals surface area contributed by atoms with E-state index in [1.54, 1.807) is 36.3 Å². The van der Waals surface area contributed by atoms with Gasteiger partial charge in [-0.2, -0.15) is 15.5 Å². The molecule has 0 aliphatic carbocycles. The largest absolute Gasteiger partial charge is 0.497 e. The van der Waals surface area contributed by atoms with Gasteiger partial charge >= 0.3 is 0 Å². The van der Waals surface area contributed by atoms with Gasteiger partial charge in [-0.3, -0.25) is 5.43 Å². The summed E-state index contributed by atoms with van der Waals surface area (Å²) in [6.07, 6.45) is 4.80. The number of hydrazone groups is 1. The predicted octanol–water partition coefficient (Wildman–Crippen LogP) is 3.14. The van der Waals surface area contributed by atoms with Crippen LogP contribution in [0, 0.1) is 11.3 Å². The number of rotatable bonds is 5. The van der Waals surface area contributed by atoms with Gasteiger partial charge in [-0.25, -0.2) is 14.6 Å². The lowest BCUT2D eigenvalue weighted by molar-refractivity contribution is 0.414. The molecule has 8 nitrogen and oxygen atoms in total. The van der Waals surface area contributed by atoms with Crippen LogP contribution in [0.3, 0.4) is 0 Å². The highest BCUT2D eigenvalue weighted by molar-refractivity contribution is 5.88. The molecule has 4 rings (SSSR count). The minimum absolute atomic E-state index is 0.545. The summed E-state index contributed by atoms with van der Waals surface area (Å²) in [5.74, 6) is 1.28. The Kier molecular flexibility index (Phi) is 4.63. The monoisotopic (exact) mass is 369 g/mol. The first kappa shape index (κ1) is 17.2. The fraction of sp³-hybridized carbons (Fsp3) is 0.0500. The summed E-state index contributed by atoms with van der Waals surface area (Å²) >= 11 is 0. The lowest BCUT2D eigenvalue weighted by atomic mass is 10.2. The maximum absolute atomic E-state index is 8.84. The van der Waals surface area contributed by atoms with E-state index in [0.29, 0.717) is 17.0 Å². The van der Waals surface area contributed by atoms with Crippen molar-refractivity contribution < 1.29 is 4.74 Å². The Balaban J connectivity index is 1.61. The van der Waals surface area contributed by atoms with E-state index in [2.05, 4.69) is 31.7 Å². The lowest BCUT2D eigenvalue weighted by Gasteiger charge is -2.06. The molecule has 0 radical (unpaired) electrons. The Morgan fingerprint density at radius 2 is 2.04 bits per heavy atom. The van der Waals surface area contributed by atoms with Crippen LogP contribution in [0.2, 0.25) is 0 Å². The van der Waals surface area contributed by atoms with E-state index in [1.807, 2.05) is 36.4 Å². The number of nitrogens with zero attached hydrogens (tertiary/aromatic N) is 6. The number of hydrogen-bond donors (Lipinski definition) is 1. The molecular weight excluding hydrogens is 354 g/mol. The summed E-state index contributed by atoms with van der Waals surface area (Å²) < 4.78 is 6.99. The van der Waals surface area contributed by atoms with Gasteiger partial charge in [0, 0.05) is 6.07 Å². The SMILES string of the molecule is COc1cccc(-n2ncc3c(N/N=C/c4ccc(C#N)cc4)ncnc32)c1. The van der Waals surface area contributed by atoms with Gasteiger partial charge in [0.1, 0.15) is 12.1 Å². The molecule has 0 aliphatic rings. The Hall–Kier alpha value is -4.25. The second-order valence-electron chi connectivity index (χ2n) is 5.82. The minimum Gasteiger partial charge on any atom is -0.497 e. The quantitative estimate of drug-likeness (QED) is 0.428. The number of fused-ring (bicyclic) bond motifs is 1. The number of anilines is 1. The molecule has 2 aromatic carbocycles. The topological polar surface area (TPSA) is 101 Å². The summed E-state index contributed by atoms with van der Waals surface area (Å²) in [6, 6.07) is 16.8. The molecule has 4 aromatic rings. The van der Waals surface area contributed by atoms with E-state index in [-0.39, 0.29) is 0 Å². The van der Waals surface area contributed by atoms with Gasteiger partial charge in [0.15, 0.2) is 11.5 Å². The Labute approximate surface area is 160 Å². The number of methoxy groups -OCH3 is 1. The van der Waals surface area contributed by atoms with Gasteiger partial charge in [-0.15, -0.1) is 0 Å². The third-order valence-corrected chi connectivity index (χ3v) is 4.09. The van der Waals surface area contributed by atoms with Crippen LogP contribution in [0.1, 0.15) is 11.1 Å². The molecule has 28 heavy (non-hydrogen) atoms. The van der Waals surface area contributed by atoms with Gasteiger partial charge in [-0.05, 0) is 29.8 Å². The van der Waals surface area contributed by atoms with Crippen LogP contribution < -0.4 is 10.2 Å². The predicted molar refractivity (Wildman–Crippen MR) is 106 cm³/mol. The summed E-state index contributed by atoms with van der Waals surface area (Å²) in [5, 5.41) is 18.2. The summed E-state index contributed by atoms with van der Waals surface area (Å²) in [5.41, 5.74) is 5.88. The highest BCUT2D eigenvalue weighted by Gasteiger charge is 2.11. The Morgan fingerprint density at radius 1 is 1.18 bits per heavy atom. The third-order valence-electron chi connectivity index (χ3n) is 4.09. The van der Waals surface area contributed by atoms with Crippen LogP contribution in [0.25, 0.3) is 16.7 Å². The first-order valence-corrected chi connectivity index (χ1v) is 8.41. The zero-order chi connectivity index (χ0) is 19.3. The molecule has 0 atom stereocenters. The highest BCUT2D eigenvalue weighted by atomic mass is 16.5. The third kappa shape index (κ3) is 3.37. The van der Waals surface area contributed by atoms with Crippen molar-refractivity contribution in [2.45, 2.75) is 0 Å². The lowest BCUT2D eigenvalue weighted by Crippen LogP contribution is -2.00. The average molecular weight is 369 g/mol. The summed E-state index contributed by atoms with van der Waals surface area (Å²) in [6.45, 7) is 0. The van der Waals surface area contributed by atoms with E-state index in [0.717, 1.165) is 22.4 Å². The summed E-state index contributed by atoms with van der Waals surface area (Å²) in [4.78, 5) is 8.59. The van der Waals surface area contributed by atoms with Crippen molar-refractivity contribution in [3.05, 3.63) is 72.2 Å². The van der Waals surface area contributed by atoms with E-state index < -0.39 is 0 Å². The smallest absolute Gasteiger partial charge is 0.168 e. The van der Waals surface area contributed by atoms with Crippen LogP contribution in [-0.4, -0.2) is 33.1 Å². The zero-order valence-corrected chi connectivity index (χ0v) is 14.9. The van der Waals surface area contributed by atoms with Crippen LogP contribution in [0.5, 0.6) is 5.75 Å². The molecule has 1 N–H and O–H groups in total. The standard InChI is InChI=1S/C20H15N7O/c1-28-17-4-2-3-16(9-17)27-20-18(12-25-27)19(22-13-23-20)26-24-11-15-7-5-14(10-21)6-8-15/h2-9,11-13H,1H3,(H,22,23,26)/b24-11+. The fourth-order valence-electron chi connectivity index (χ4n) is 2.68. The summed E-state index contributed by atoms with van der Waals surface area (Å²) in [7, 11) is 1.62. The van der Waals surface area contributed by atoms with Crippen molar-refractivity contribution in [3.8, 4) is 17.5 Å². The zero-order valence-electron chi connectivity index (χ0n) is 14.9. The van der Waals surface area contributed by atoms with E-state index in [9.17, 15) is 0 Å². The maximum atomic E-state index is 8.84. The van der Waals surface area contributed by atoms with Crippen molar-refractivity contribution in [3.63, 3.8) is 0 Å². The van der Waals surface area contributed by atoms with Crippen molar-refractivity contribution in [2.75, 3.05) is 12.5 Å². The Morgan fingerprint density at radius 3 is 2.82 bits per heavy atom. The van der Waals surface area contributed by atoms with Gasteiger partial charge in [0.25, 0.3) is 0 Å². The van der Waals surface area contributed by atoms with Crippen molar-refractivity contribution >= 4 is 23.1 Å². The molecule has 0 saturated heterocycles. The molecule has 0 unspecified atom stereocenters. The number of aromatic nitrogens is 4. The van der Waals surface area contributed by atoms with Crippen LogP contribution in [0.4, 0.5) is 5.82 Å². The number of benzene rings is 2. The minimum atomic E-state index is 0.545. The molecule has 8 heteroatoms. The number of hydrogen-bond acceptors (Lipinski definition) is 7. The van der Waals surface area contributed by atoms with Crippen molar-refractivity contribution in [1.82, 2.24) is 19.7 Å². The van der Waals surface area contributed by atoms with E-state index in [4.69, 9.17) is 10.00 Å². The molecular formula is C20H15N7O. The maximum Gasteiger partial charge on any atom is 0.168 e. The van der Waals surface area contributed by atoms with Gasteiger partial charge in [0.05, 0.1) is 42.2 Å². The number of ether oxygens (including phenoxy) is 1. The number of nitrogens with one attached hydrogen (secondary N) is 1. The molecule has 2 heterocycles. The molecule has 0 spiro atoms. The van der Waals surface area contributed by atoms with E-state index >= 15 is 0 Å². The molecule has 0 fully saturated rings. The molecule has 0 aliphatic heterocycles.